The molecule has 21 heavy (non-hydrogen) atoms. The summed E-state index contributed by atoms with van der Waals surface area (Å²) in [7, 11) is -0.985. The van der Waals surface area contributed by atoms with Crippen LogP contribution >= 0.6 is 0 Å². The van der Waals surface area contributed by atoms with Crippen molar-refractivity contribution >= 4 is 22.6 Å². The molecule has 1 aromatic heterocycles. The SMILES string of the molecule is CC(C)(C)c1cc(NC(=O)NCCS(=O)C(C)(C)C)no1. The van der Waals surface area contributed by atoms with Crippen LogP contribution in [0.1, 0.15) is 47.3 Å². The summed E-state index contributed by atoms with van der Waals surface area (Å²) in [4.78, 5) is 11.7. The minimum absolute atomic E-state index is 0.160. The van der Waals surface area contributed by atoms with Gasteiger partial charge in [-0.3, -0.25) is 9.53 Å². The Kier molecular flexibility index (Phi) is 5.55. The van der Waals surface area contributed by atoms with Crippen LogP contribution in [0.5, 0.6) is 0 Å². The Morgan fingerprint density at radius 1 is 1.29 bits per heavy atom. The van der Waals surface area contributed by atoms with Crippen LogP contribution < -0.4 is 10.6 Å². The Labute approximate surface area is 128 Å². The van der Waals surface area contributed by atoms with Crippen molar-refractivity contribution in [2.75, 3.05) is 17.6 Å². The van der Waals surface area contributed by atoms with Gasteiger partial charge in [0.05, 0.1) is 0 Å². The number of carbonyl (C=O) groups excluding carboxylic acids is 1. The normalized spacial score (nSPS) is 13.8. The predicted octanol–water partition coefficient (Wildman–Crippen LogP) is 2.64. The zero-order valence-electron chi connectivity index (χ0n) is 13.6. The molecular weight excluding hydrogens is 290 g/mol. The second kappa shape index (κ2) is 6.60. The lowest BCUT2D eigenvalue weighted by Crippen LogP contribution is -2.35. The van der Waals surface area contributed by atoms with Gasteiger partial charge in [0.15, 0.2) is 5.82 Å². The Bertz CT molecular complexity index is 512. The summed E-state index contributed by atoms with van der Waals surface area (Å²) in [6.45, 7) is 12.1. The quantitative estimate of drug-likeness (QED) is 0.894. The number of aromatic nitrogens is 1. The van der Waals surface area contributed by atoms with Crippen LogP contribution in [0.25, 0.3) is 0 Å². The third kappa shape index (κ3) is 5.87. The van der Waals surface area contributed by atoms with Crippen LogP contribution in [0.4, 0.5) is 10.6 Å². The fourth-order valence-corrected chi connectivity index (χ4v) is 2.31. The zero-order valence-corrected chi connectivity index (χ0v) is 14.4. The van der Waals surface area contributed by atoms with E-state index in [-0.39, 0.29) is 16.2 Å². The molecule has 120 valence electrons. The molecule has 0 aliphatic heterocycles. The lowest BCUT2D eigenvalue weighted by Gasteiger charge is -2.17. The third-order valence-electron chi connectivity index (χ3n) is 2.75. The van der Waals surface area contributed by atoms with Crippen LogP contribution in [-0.4, -0.2) is 32.4 Å². The smallest absolute Gasteiger partial charge is 0.320 e. The molecule has 7 heteroatoms. The largest absolute Gasteiger partial charge is 0.359 e. The van der Waals surface area contributed by atoms with E-state index in [4.69, 9.17) is 4.52 Å². The van der Waals surface area contributed by atoms with E-state index in [0.717, 1.165) is 0 Å². The van der Waals surface area contributed by atoms with Gasteiger partial charge in [0, 0.05) is 39.3 Å². The van der Waals surface area contributed by atoms with Crippen molar-refractivity contribution in [2.45, 2.75) is 51.7 Å². The molecule has 0 saturated carbocycles. The molecule has 0 radical (unpaired) electrons. The molecule has 2 N–H and O–H groups in total. The van der Waals surface area contributed by atoms with E-state index >= 15 is 0 Å². The first kappa shape index (κ1) is 17.7. The first-order valence-corrected chi connectivity index (χ1v) is 8.22. The molecule has 1 heterocycles. The highest BCUT2D eigenvalue weighted by Crippen LogP contribution is 2.24. The van der Waals surface area contributed by atoms with Crippen molar-refractivity contribution in [3.63, 3.8) is 0 Å². The highest BCUT2D eigenvalue weighted by molar-refractivity contribution is 7.86. The van der Waals surface area contributed by atoms with Crippen molar-refractivity contribution in [3.8, 4) is 0 Å². The first-order valence-electron chi connectivity index (χ1n) is 6.90. The lowest BCUT2D eigenvalue weighted by molar-refractivity contribution is 0.252. The highest BCUT2D eigenvalue weighted by Gasteiger charge is 2.21. The average Bonchev–Trinajstić information content (AvgIpc) is 2.75. The van der Waals surface area contributed by atoms with Crippen LogP contribution in [0.2, 0.25) is 0 Å². The molecule has 0 spiro atoms. The van der Waals surface area contributed by atoms with Gasteiger partial charge in [-0.1, -0.05) is 25.9 Å². The summed E-state index contributed by atoms with van der Waals surface area (Å²) in [6, 6.07) is 1.32. The number of carbonyl (C=O) groups is 1. The number of rotatable bonds is 4. The monoisotopic (exact) mass is 315 g/mol. The molecule has 0 saturated heterocycles. The van der Waals surface area contributed by atoms with E-state index in [2.05, 4.69) is 15.8 Å². The van der Waals surface area contributed by atoms with Gasteiger partial charge in [-0.05, 0) is 20.8 Å². The van der Waals surface area contributed by atoms with E-state index in [9.17, 15) is 9.00 Å². The number of urea groups is 1. The molecular formula is C14H25N3O3S. The van der Waals surface area contributed by atoms with Crippen molar-refractivity contribution in [3.05, 3.63) is 11.8 Å². The predicted molar refractivity (Wildman–Crippen MR) is 85.0 cm³/mol. The fraction of sp³-hybridized carbons (Fsp3) is 0.714. The zero-order chi connectivity index (χ0) is 16.3. The number of amides is 2. The molecule has 0 aliphatic carbocycles. The Morgan fingerprint density at radius 2 is 1.90 bits per heavy atom. The molecule has 2 amide bonds. The minimum Gasteiger partial charge on any atom is -0.359 e. The molecule has 6 nitrogen and oxygen atoms in total. The summed E-state index contributed by atoms with van der Waals surface area (Å²) >= 11 is 0. The van der Waals surface area contributed by atoms with E-state index in [1.54, 1.807) is 6.07 Å². The minimum atomic E-state index is -0.985. The lowest BCUT2D eigenvalue weighted by atomic mass is 9.93. The molecule has 0 aliphatic rings. The maximum Gasteiger partial charge on any atom is 0.320 e. The summed E-state index contributed by atoms with van der Waals surface area (Å²) in [6.07, 6.45) is 0. The van der Waals surface area contributed by atoms with Crippen LogP contribution in [0.3, 0.4) is 0 Å². The highest BCUT2D eigenvalue weighted by atomic mass is 32.2. The molecule has 1 atom stereocenters. The summed E-state index contributed by atoms with van der Waals surface area (Å²) in [5.74, 6) is 1.49. The average molecular weight is 315 g/mol. The Balaban J connectivity index is 2.41. The number of nitrogens with zero attached hydrogens (tertiary/aromatic N) is 1. The van der Waals surface area contributed by atoms with Crippen molar-refractivity contribution in [1.29, 1.82) is 0 Å². The van der Waals surface area contributed by atoms with Gasteiger partial charge in [-0.25, -0.2) is 4.79 Å². The van der Waals surface area contributed by atoms with Crippen molar-refractivity contribution < 1.29 is 13.5 Å². The maximum atomic E-state index is 11.8. The maximum absolute atomic E-state index is 11.8. The second-order valence-electron chi connectivity index (χ2n) is 6.87. The van der Waals surface area contributed by atoms with Gasteiger partial charge in [0.2, 0.25) is 0 Å². The van der Waals surface area contributed by atoms with Crippen molar-refractivity contribution in [2.24, 2.45) is 0 Å². The molecule has 1 unspecified atom stereocenters. The Morgan fingerprint density at radius 3 is 2.38 bits per heavy atom. The number of nitrogens with one attached hydrogen (secondary N) is 2. The van der Waals surface area contributed by atoms with E-state index < -0.39 is 10.8 Å². The van der Waals surface area contributed by atoms with Gasteiger partial charge < -0.3 is 9.84 Å². The first-order chi connectivity index (χ1) is 9.50. The van der Waals surface area contributed by atoms with Crippen LogP contribution in [0, 0.1) is 0 Å². The van der Waals surface area contributed by atoms with E-state index in [1.165, 1.54) is 0 Å². The number of hydrogen-bond acceptors (Lipinski definition) is 4. The van der Waals surface area contributed by atoms with Gasteiger partial charge in [-0.2, -0.15) is 0 Å². The molecule has 0 aromatic carbocycles. The standard InChI is InChI=1S/C14H25N3O3S/c1-13(2,3)10-9-11(17-20-10)16-12(18)15-7-8-21(19)14(4,5)6/h9H,7-8H2,1-6H3,(H2,15,16,17,18). The van der Waals surface area contributed by atoms with Crippen molar-refractivity contribution in [1.82, 2.24) is 10.5 Å². The summed E-state index contributed by atoms with van der Waals surface area (Å²) in [5.41, 5.74) is -0.160. The topological polar surface area (TPSA) is 84.2 Å². The molecule has 1 aromatic rings. The summed E-state index contributed by atoms with van der Waals surface area (Å²) in [5, 5.41) is 9.05. The van der Waals surface area contributed by atoms with Gasteiger partial charge in [-0.15, -0.1) is 0 Å². The third-order valence-corrected chi connectivity index (χ3v) is 4.69. The fourth-order valence-electron chi connectivity index (χ4n) is 1.41. The number of hydrogen-bond donors (Lipinski definition) is 2. The van der Waals surface area contributed by atoms with Crippen LogP contribution in [-0.2, 0) is 16.2 Å². The summed E-state index contributed by atoms with van der Waals surface area (Å²) < 4.78 is 16.7. The Hall–Kier alpha value is -1.37. The van der Waals surface area contributed by atoms with Gasteiger partial charge in [0.25, 0.3) is 0 Å². The molecule has 0 fully saturated rings. The van der Waals surface area contributed by atoms with Gasteiger partial charge in [0.1, 0.15) is 5.76 Å². The van der Waals surface area contributed by atoms with E-state index in [1.807, 2.05) is 41.5 Å². The second-order valence-corrected chi connectivity index (χ2v) is 9.19. The van der Waals surface area contributed by atoms with Crippen LogP contribution in [0.15, 0.2) is 10.6 Å². The van der Waals surface area contributed by atoms with E-state index in [0.29, 0.717) is 23.9 Å². The molecule has 1 rings (SSSR count). The molecule has 0 bridgehead atoms. The number of anilines is 1. The van der Waals surface area contributed by atoms with Gasteiger partial charge >= 0.3 is 6.03 Å².